The van der Waals surface area contributed by atoms with Gasteiger partial charge < -0.3 is 4.42 Å². The normalized spacial score (nSPS) is 12.4. The van der Waals surface area contributed by atoms with E-state index in [0.29, 0.717) is 27.7 Å². The molecule has 2 heterocycles. The molecule has 0 unspecified atom stereocenters. The van der Waals surface area contributed by atoms with Crippen molar-refractivity contribution in [3.63, 3.8) is 0 Å². The van der Waals surface area contributed by atoms with E-state index in [-0.39, 0.29) is 10.8 Å². The quantitative estimate of drug-likeness (QED) is 0.468. The first-order valence-corrected chi connectivity index (χ1v) is 10.3. The number of hydrogen-bond acceptors (Lipinski definition) is 6. The average Bonchev–Trinajstić information content (AvgIpc) is 3.18. The molecule has 0 bridgehead atoms. The van der Waals surface area contributed by atoms with Crippen molar-refractivity contribution in [1.29, 1.82) is 0 Å². The lowest BCUT2D eigenvalue weighted by Gasteiger charge is -2.12. The van der Waals surface area contributed by atoms with Crippen molar-refractivity contribution < 1.29 is 26.0 Å². The molecule has 0 radical (unpaired) electrons. The molecule has 30 heavy (non-hydrogen) atoms. The Bertz CT molecular complexity index is 1330. The van der Waals surface area contributed by atoms with Gasteiger partial charge in [0.15, 0.2) is 9.84 Å². The number of aromatic nitrogens is 3. The lowest BCUT2D eigenvalue weighted by atomic mass is 9.99. The van der Waals surface area contributed by atoms with Crippen molar-refractivity contribution in [3.05, 3.63) is 72.2 Å². The highest BCUT2D eigenvalue weighted by molar-refractivity contribution is 7.90. The number of fused-ring (bicyclic) bond motifs is 1. The van der Waals surface area contributed by atoms with Gasteiger partial charge in [0.05, 0.1) is 27.9 Å². The van der Waals surface area contributed by atoms with Crippen LogP contribution in [-0.2, 0) is 21.8 Å². The molecule has 0 saturated heterocycles. The average molecular weight is 433 g/mol. The second-order valence-corrected chi connectivity index (χ2v) is 8.60. The fraction of sp³-hybridized carbons (Fsp3) is 0.150. The molecule has 0 aliphatic heterocycles. The van der Waals surface area contributed by atoms with E-state index in [9.17, 15) is 21.6 Å². The second kappa shape index (κ2) is 7.21. The van der Waals surface area contributed by atoms with Crippen LogP contribution in [0.5, 0.6) is 0 Å². The first kappa shape index (κ1) is 20.0. The van der Waals surface area contributed by atoms with Gasteiger partial charge in [0.1, 0.15) is 18.3 Å². The van der Waals surface area contributed by atoms with Crippen molar-refractivity contribution in [3.8, 4) is 11.3 Å². The molecule has 0 N–H and O–H groups in total. The summed E-state index contributed by atoms with van der Waals surface area (Å²) in [5, 5.41) is 0.524. The van der Waals surface area contributed by atoms with Crippen LogP contribution in [0, 0.1) is 6.92 Å². The number of alkyl halides is 3. The molecule has 0 aliphatic rings. The van der Waals surface area contributed by atoms with Crippen LogP contribution in [0.4, 0.5) is 13.2 Å². The first-order chi connectivity index (χ1) is 14.1. The minimum absolute atomic E-state index is 0.0296. The summed E-state index contributed by atoms with van der Waals surface area (Å²) in [6, 6.07) is 7.76. The number of rotatable bonds is 4. The second-order valence-electron chi connectivity index (χ2n) is 6.61. The summed E-state index contributed by atoms with van der Waals surface area (Å²) in [6.45, 7) is 1.56. The molecule has 0 amide bonds. The van der Waals surface area contributed by atoms with E-state index in [0.717, 1.165) is 12.1 Å². The van der Waals surface area contributed by atoms with Crippen LogP contribution in [0.3, 0.4) is 0 Å². The standard InChI is InChI=1S/C20H14F3N3O3S/c1-12-8-13(20(21,22)23)2-4-15(12)19-16-5-3-14(9-17(16)25-11-26-19)30(27,28)10-18-24-6-7-29-18/h2-9,11H,10H2,1H3. The summed E-state index contributed by atoms with van der Waals surface area (Å²) in [5.74, 6) is -0.333. The van der Waals surface area contributed by atoms with Gasteiger partial charge in [-0.3, -0.25) is 0 Å². The monoisotopic (exact) mass is 433 g/mol. The molecular weight excluding hydrogens is 419 g/mol. The summed E-state index contributed by atoms with van der Waals surface area (Å²) in [6.07, 6.45) is -0.545. The lowest BCUT2D eigenvalue weighted by molar-refractivity contribution is -0.137. The zero-order valence-electron chi connectivity index (χ0n) is 15.5. The number of nitrogens with zero attached hydrogens (tertiary/aromatic N) is 3. The van der Waals surface area contributed by atoms with Crippen molar-refractivity contribution >= 4 is 20.7 Å². The maximum absolute atomic E-state index is 13.0. The van der Waals surface area contributed by atoms with Crippen LogP contribution >= 0.6 is 0 Å². The first-order valence-electron chi connectivity index (χ1n) is 8.69. The summed E-state index contributed by atoms with van der Waals surface area (Å²) >= 11 is 0. The number of hydrogen-bond donors (Lipinski definition) is 0. The molecule has 4 rings (SSSR count). The number of halogens is 3. The van der Waals surface area contributed by atoms with Gasteiger partial charge in [-0.15, -0.1) is 0 Å². The molecule has 0 spiro atoms. The summed E-state index contributed by atoms with van der Waals surface area (Å²) in [5.41, 5.74) is 0.925. The highest BCUT2D eigenvalue weighted by atomic mass is 32.2. The van der Waals surface area contributed by atoms with Crippen molar-refractivity contribution in [2.24, 2.45) is 0 Å². The highest BCUT2D eigenvalue weighted by Crippen LogP contribution is 2.34. The van der Waals surface area contributed by atoms with Crippen molar-refractivity contribution in [2.45, 2.75) is 23.7 Å². The highest BCUT2D eigenvalue weighted by Gasteiger charge is 2.31. The fourth-order valence-corrected chi connectivity index (χ4v) is 4.32. The van der Waals surface area contributed by atoms with Crippen molar-refractivity contribution in [2.75, 3.05) is 0 Å². The minimum atomic E-state index is -4.44. The largest absolute Gasteiger partial charge is 0.448 e. The molecule has 0 atom stereocenters. The van der Waals surface area contributed by atoms with Gasteiger partial charge in [0.2, 0.25) is 5.89 Å². The number of aryl methyl sites for hydroxylation is 1. The molecule has 4 aromatic rings. The van der Waals surface area contributed by atoms with Gasteiger partial charge in [-0.25, -0.2) is 23.4 Å². The third-order valence-corrected chi connectivity index (χ3v) is 6.17. The van der Waals surface area contributed by atoms with Gasteiger partial charge in [-0.2, -0.15) is 13.2 Å². The summed E-state index contributed by atoms with van der Waals surface area (Å²) in [7, 11) is -3.72. The van der Waals surface area contributed by atoms with Crippen molar-refractivity contribution in [1.82, 2.24) is 15.0 Å². The van der Waals surface area contributed by atoms with Gasteiger partial charge in [-0.1, -0.05) is 6.07 Å². The van der Waals surface area contributed by atoms with E-state index >= 15 is 0 Å². The fourth-order valence-electron chi connectivity index (χ4n) is 3.12. The Morgan fingerprint density at radius 1 is 1.03 bits per heavy atom. The van der Waals surface area contributed by atoms with Gasteiger partial charge in [0.25, 0.3) is 0 Å². The Morgan fingerprint density at radius 3 is 2.50 bits per heavy atom. The number of benzene rings is 2. The van der Waals surface area contributed by atoms with Crippen LogP contribution in [0.1, 0.15) is 17.0 Å². The van der Waals surface area contributed by atoms with E-state index in [4.69, 9.17) is 4.42 Å². The third-order valence-electron chi connectivity index (χ3n) is 4.57. The van der Waals surface area contributed by atoms with E-state index in [1.807, 2.05) is 0 Å². The molecule has 154 valence electrons. The van der Waals surface area contributed by atoms with Crippen LogP contribution in [0.15, 0.2) is 64.5 Å². The molecule has 0 fully saturated rings. The van der Waals surface area contributed by atoms with Crippen LogP contribution in [0.25, 0.3) is 22.2 Å². The molecule has 0 saturated carbocycles. The molecule has 2 aromatic carbocycles. The van der Waals surface area contributed by atoms with E-state index in [2.05, 4.69) is 15.0 Å². The topological polar surface area (TPSA) is 86.0 Å². The van der Waals surface area contributed by atoms with Crippen LogP contribution in [0.2, 0.25) is 0 Å². The summed E-state index contributed by atoms with van der Waals surface area (Å²) < 4.78 is 69.1. The Balaban J connectivity index is 1.77. The number of sulfone groups is 1. The maximum Gasteiger partial charge on any atom is 0.416 e. The smallest absolute Gasteiger partial charge is 0.416 e. The number of oxazole rings is 1. The third kappa shape index (κ3) is 3.78. The van der Waals surface area contributed by atoms with E-state index in [1.54, 1.807) is 13.0 Å². The zero-order chi connectivity index (χ0) is 21.5. The van der Waals surface area contributed by atoms with E-state index < -0.39 is 27.3 Å². The molecule has 6 nitrogen and oxygen atoms in total. The Labute approximate surface area is 169 Å². The van der Waals surface area contributed by atoms with Gasteiger partial charge >= 0.3 is 6.18 Å². The van der Waals surface area contributed by atoms with Crippen LogP contribution < -0.4 is 0 Å². The molecular formula is C20H14F3N3O3S. The molecule has 2 aromatic heterocycles. The zero-order valence-corrected chi connectivity index (χ0v) is 16.3. The molecule has 10 heteroatoms. The SMILES string of the molecule is Cc1cc(C(F)(F)F)ccc1-c1ncnc2cc(S(=O)(=O)Cc3ncco3)ccc12. The van der Waals surface area contributed by atoms with E-state index in [1.165, 1.54) is 37.0 Å². The predicted octanol–water partition coefficient (Wildman–Crippen LogP) is 4.59. The summed E-state index contributed by atoms with van der Waals surface area (Å²) in [4.78, 5) is 12.2. The lowest BCUT2D eigenvalue weighted by Crippen LogP contribution is -2.06. The Hall–Kier alpha value is -3.27. The van der Waals surface area contributed by atoms with Crippen LogP contribution in [-0.4, -0.2) is 23.4 Å². The minimum Gasteiger partial charge on any atom is -0.448 e. The Kier molecular flexibility index (Phi) is 4.81. The Morgan fingerprint density at radius 2 is 1.83 bits per heavy atom. The predicted molar refractivity (Wildman–Crippen MR) is 102 cm³/mol. The maximum atomic E-state index is 13.0. The molecule has 0 aliphatic carbocycles. The van der Waals surface area contributed by atoms with Gasteiger partial charge in [-0.05, 0) is 42.8 Å². The van der Waals surface area contributed by atoms with Gasteiger partial charge in [0, 0.05) is 10.9 Å².